The molecule has 1 aliphatic carbocycles. The Morgan fingerprint density at radius 1 is 1.31 bits per heavy atom. The molecule has 2 aliphatic rings. The van der Waals surface area contributed by atoms with E-state index >= 15 is 0 Å². The number of hydrogen-bond acceptors (Lipinski definition) is 2. The Bertz CT molecular complexity index is 299. The molecule has 1 heterocycles. The van der Waals surface area contributed by atoms with Gasteiger partial charge in [-0.2, -0.15) is 0 Å². The molecular weight excluding hydrogens is 208 g/mol. The van der Waals surface area contributed by atoms with Gasteiger partial charge in [0.15, 0.2) is 9.84 Å². The highest BCUT2D eigenvalue weighted by molar-refractivity contribution is 7.92. The summed E-state index contributed by atoms with van der Waals surface area (Å²) in [7, 11) is -2.78. The smallest absolute Gasteiger partial charge is 0.153 e. The highest BCUT2D eigenvalue weighted by atomic mass is 35.5. The van der Waals surface area contributed by atoms with Gasteiger partial charge in [-0.1, -0.05) is 6.92 Å². The molecule has 2 nitrogen and oxygen atoms in total. The number of halogens is 1. The molecule has 0 aromatic rings. The van der Waals surface area contributed by atoms with Gasteiger partial charge in [-0.25, -0.2) is 8.42 Å². The average Bonchev–Trinajstić information content (AvgIpc) is 2.22. The molecule has 76 valence electrons. The van der Waals surface area contributed by atoms with Crippen LogP contribution in [0.2, 0.25) is 0 Å². The van der Waals surface area contributed by atoms with E-state index in [1.165, 1.54) is 0 Å². The van der Waals surface area contributed by atoms with Crippen molar-refractivity contribution in [3.05, 3.63) is 0 Å². The maximum Gasteiger partial charge on any atom is 0.153 e. The van der Waals surface area contributed by atoms with Crippen molar-refractivity contribution in [3.8, 4) is 0 Å². The lowest BCUT2D eigenvalue weighted by atomic mass is 9.81. The van der Waals surface area contributed by atoms with E-state index < -0.39 is 9.84 Å². The molecule has 0 spiro atoms. The fraction of sp³-hybridized carbons (Fsp3) is 1.00. The van der Waals surface area contributed by atoms with Crippen LogP contribution in [0.3, 0.4) is 0 Å². The molecular formula is C9H15ClO2S. The zero-order valence-electron chi connectivity index (χ0n) is 7.74. The molecule has 0 radical (unpaired) electrons. The quantitative estimate of drug-likeness (QED) is 0.586. The Labute approximate surface area is 84.6 Å². The van der Waals surface area contributed by atoms with Gasteiger partial charge >= 0.3 is 0 Å². The Hall–Kier alpha value is 0.240. The van der Waals surface area contributed by atoms with Crippen LogP contribution in [0, 0.1) is 11.8 Å². The molecule has 0 aromatic heterocycles. The number of hydrogen-bond donors (Lipinski definition) is 0. The number of fused-ring (bicyclic) bond motifs is 1. The summed E-state index contributed by atoms with van der Waals surface area (Å²) in [5.41, 5.74) is 0. The van der Waals surface area contributed by atoms with E-state index in [1.54, 1.807) is 0 Å². The van der Waals surface area contributed by atoms with Crippen LogP contribution in [0.25, 0.3) is 0 Å². The van der Waals surface area contributed by atoms with Crippen LogP contribution < -0.4 is 0 Å². The van der Waals surface area contributed by atoms with Crippen LogP contribution in [0.15, 0.2) is 0 Å². The minimum atomic E-state index is -2.78. The van der Waals surface area contributed by atoms with Crippen molar-refractivity contribution in [1.82, 2.24) is 0 Å². The Kier molecular flexibility index (Phi) is 2.35. The summed E-state index contributed by atoms with van der Waals surface area (Å²) in [5, 5.41) is 0.134. The summed E-state index contributed by atoms with van der Waals surface area (Å²) in [5.74, 6) is 1.03. The van der Waals surface area contributed by atoms with Crippen molar-refractivity contribution in [2.75, 3.05) is 5.75 Å². The van der Waals surface area contributed by atoms with E-state index in [-0.39, 0.29) is 10.6 Å². The van der Waals surface area contributed by atoms with Crippen LogP contribution in [-0.4, -0.2) is 24.8 Å². The standard InChI is InChI=1S/C9H15ClO2S/c1-6-5-13(11,12)9-3-2-7(10)4-8(6)9/h6-9H,2-5H2,1H3. The van der Waals surface area contributed by atoms with Gasteiger partial charge in [0, 0.05) is 5.38 Å². The summed E-state index contributed by atoms with van der Waals surface area (Å²) >= 11 is 6.05. The molecule has 4 atom stereocenters. The van der Waals surface area contributed by atoms with Crippen LogP contribution in [0.5, 0.6) is 0 Å². The average molecular weight is 223 g/mol. The van der Waals surface area contributed by atoms with Gasteiger partial charge in [0.1, 0.15) is 0 Å². The van der Waals surface area contributed by atoms with Crippen LogP contribution >= 0.6 is 11.6 Å². The second-order valence-electron chi connectivity index (χ2n) is 4.42. The minimum Gasteiger partial charge on any atom is -0.229 e. The molecule has 4 heteroatoms. The largest absolute Gasteiger partial charge is 0.229 e. The van der Waals surface area contributed by atoms with Gasteiger partial charge in [-0.3, -0.25) is 0 Å². The van der Waals surface area contributed by atoms with Crippen LogP contribution in [-0.2, 0) is 9.84 Å². The van der Waals surface area contributed by atoms with Crippen LogP contribution in [0.1, 0.15) is 26.2 Å². The number of alkyl halides is 1. The normalized spacial score (nSPS) is 48.8. The molecule has 1 saturated carbocycles. The van der Waals surface area contributed by atoms with Gasteiger partial charge < -0.3 is 0 Å². The molecule has 0 amide bonds. The third kappa shape index (κ3) is 1.61. The van der Waals surface area contributed by atoms with Crippen molar-refractivity contribution in [2.45, 2.75) is 36.8 Å². The van der Waals surface area contributed by atoms with Crippen molar-refractivity contribution < 1.29 is 8.42 Å². The first kappa shape index (κ1) is 9.78. The first-order chi connectivity index (χ1) is 6.00. The summed E-state index contributed by atoms with van der Waals surface area (Å²) in [6.07, 6.45) is 2.55. The molecule has 0 N–H and O–H groups in total. The molecule has 1 saturated heterocycles. The molecule has 2 rings (SSSR count). The fourth-order valence-electron chi connectivity index (χ4n) is 2.78. The van der Waals surface area contributed by atoms with E-state index in [2.05, 4.69) is 0 Å². The summed E-state index contributed by atoms with van der Waals surface area (Å²) in [4.78, 5) is 0. The second kappa shape index (κ2) is 3.13. The molecule has 13 heavy (non-hydrogen) atoms. The maximum absolute atomic E-state index is 11.7. The zero-order chi connectivity index (χ0) is 9.64. The topological polar surface area (TPSA) is 34.1 Å². The molecule has 0 bridgehead atoms. The zero-order valence-corrected chi connectivity index (χ0v) is 9.31. The van der Waals surface area contributed by atoms with Gasteiger partial charge in [0.25, 0.3) is 0 Å². The first-order valence-corrected chi connectivity index (χ1v) is 7.01. The Balaban J connectivity index is 2.25. The van der Waals surface area contributed by atoms with Gasteiger partial charge in [0.2, 0.25) is 0 Å². The Morgan fingerprint density at radius 2 is 2.00 bits per heavy atom. The van der Waals surface area contributed by atoms with Gasteiger partial charge in [-0.05, 0) is 31.1 Å². The highest BCUT2D eigenvalue weighted by Crippen LogP contribution is 2.42. The maximum atomic E-state index is 11.7. The SMILES string of the molecule is CC1CS(=O)(=O)C2CCC(Cl)CC12. The summed E-state index contributed by atoms with van der Waals surface area (Å²) in [6.45, 7) is 2.04. The first-order valence-electron chi connectivity index (χ1n) is 4.86. The van der Waals surface area contributed by atoms with E-state index in [0.717, 1.165) is 19.3 Å². The lowest BCUT2D eigenvalue weighted by Gasteiger charge is -2.29. The van der Waals surface area contributed by atoms with E-state index in [0.29, 0.717) is 17.6 Å². The van der Waals surface area contributed by atoms with E-state index in [1.807, 2.05) is 6.92 Å². The van der Waals surface area contributed by atoms with Crippen molar-refractivity contribution in [3.63, 3.8) is 0 Å². The van der Waals surface area contributed by atoms with Crippen molar-refractivity contribution in [1.29, 1.82) is 0 Å². The Morgan fingerprint density at radius 3 is 2.69 bits per heavy atom. The molecule has 4 unspecified atom stereocenters. The molecule has 2 fully saturated rings. The number of sulfone groups is 1. The van der Waals surface area contributed by atoms with Gasteiger partial charge in [-0.15, -0.1) is 11.6 Å². The lowest BCUT2D eigenvalue weighted by Crippen LogP contribution is -2.31. The predicted octanol–water partition coefficient (Wildman–Crippen LogP) is 1.83. The third-order valence-corrected chi connectivity index (χ3v) is 6.35. The summed E-state index contributed by atoms with van der Waals surface area (Å²) < 4.78 is 23.3. The summed E-state index contributed by atoms with van der Waals surface area (Å²) in [6, 6.07) is 0. The fourth-order valence-corrected chi connectivity index (χ4v) is 5.75. The second-order valence-corrected chi connectivity index (χ2v) is 7.30. The van der Waals surface area contributed by atoms with Crippen molar-refractivity contribution in [2.24, 2.45) is 11.8 Å². The van der Waals surface area contributed by atoms with Crippen LogP contribution in [0.4, 0.5) is 0 Å². The molecule has 1 aliphatic heterocycles. The minimum absolute atomic E-state index is 0.0718. The van der Waals surface area contributed by atoms with E-state index in [4.69, 9.17) is 11.6 Å². The third-order valence-electron chi connectivity index (χ3n) is 3.46. The van der Waals surface area contributed by atoms with E-state index in [9.17, 15) is 8.42 Å². The highest BCUT2D eigenvalue weighted by Gasteiger charge is 2.47. The monoisotopic (exact) mass is 222 g/mol. The lowest BCUT2D eigenvalue weighted by molar-refractivity contribution is 0.312. The molecule has 0 aromatic carbocycles. The predicted molar refractivity (Wildman–Crippen MR) is 53.7 cm³/mol. The number of rotatable bonds is 0. The van der Waals surface area contributed by atoms with Crippen molar-refractivity contribution >= 4 is 21.4 Å². The van der Waals surface area contributed by atoms with Gasteiger partial charge in [0.05, 0.1) is 11.0 Å².